The van der Waals surface area contributed by atoms with Crippen molar-refractivity contribution in [2.45, 2.75) is 33.2 Å². The van der Waals surface area contributed by atoms with Crippen LogP contribution in [0.2, 0.25) is 0 Å². The van der Waals surface area contributed by atoms with Gasteiger partial charge < -0.3 is 29.0 Å². The predicted octanol–water partition coefficient (Wildman–Crippen LogP) is 1.63. The van der Waals surface area contributed by atoms with Crippen molar-refractivity contribution in [1.82, 2.24) is 20.3 Å². The van der Waals surface area contributed by atoms with Crippen molar-refractivity contribution in [2.75, 3.05) is 34.5 Å². The molecule has 10 nitrogen and oxygen atoms in total. The van der Waals surface area contributed by atoms with Crippen LogP contribution in [-0.2, 0) is 22.6 Å². The van der Waals surface area contributed by atoms with E-state index in [4.69, 9.17) is 23.7 Å². The first-order valence-corrected chi connectivity index (χ1v) is 9.26. The average Bonchev–Trinajstić information content (AvgIpc) is 3.20. The lowest BCUT2D eigenvalue weighted by Gasteiger charge is -2.16. The molecule has 2 aromatic rings. The molecule has 1 N–H and O–H groups in total. The summed E-state index contributed by atoms with van der Waals surface area (Å²) in [5, 5.41) is 10.7. The maximum absolute atomic E-state index is 12.4. The van der Waals surface area contributed by atoms with Crippen LogP contribution in [0.1, 0.15) is 29.9 Å². The van der Waals surface area contributed by atoms with Gasteiger partial charge in [-0.1, -0.05) is 5.21 Å². The number of amides is 1. The van der Waals surface area contributed by atoms with Crippen molar-refractivity contribution in [1.29, 1.82) is 0 Å². The number of nitrogens with zero attached hydrogens (tertiary/aromatic N) is 3. The van der Waals surface area contributed by atoms with E-state index >= 15 is 0 Å². The van der Waals surface area contributed by atoms with E-state index in [0.717, 1.165) is 5.56 Å². The van der Waals surface area contributed by atoms with Gasteiger partial charge in [-0.2, -0.15) is 0 Å². The first-order chi connectivity index (χ1) is 14.1. The van der Waals surface area contributed by atoms with Gasteiger partial charge in [0.15, 0.2) is 23.5 Å². The standard InChI is InChI=1S/C19H28N4O6/c1-6-28-17(29-7-2)12-23-11-14(21-22-23)19(24)20-10-13-8-15(25-3)18(27-5)16(9-13)26-4/h8-9,11,17H,6-7,10,12H2,1-5H3,(H,20,24). The highest BCUT2D eigenvalue weighted by Crippen LogP contribution is 2.38. The van der Waals surface area contributed by atoms with Crippen LogP contribution >= 0.6 is 0 Å². The third-order valence-corrected chi connectivity index (χ3v) is 3.99. The zero-order valence-corrected chi connectivity index (χ0v) is 17.4. The van der Waals surface area contributed by atoms with E-state index < -0.39 is 6.29 Å². The van der Waals surface area contributed by atoms with E-state index in [1.165, 1.54) is 26.0 Å². The van der Waals surface area contributed by atoms with Crippen molar-refractivity contribution >= 4 is 5.91 Å². The molecule has 0 bridgehead atoms. The van der Waals surface area contributed by atoms with Gasteiger partial charge in [0.25, 0.3) is 5.91 Å². The molecule has 0 unspecified atom stereocenters. The van der Waals surface area contributed by atoms with Gasteiger partial charge in [0, 0.05) is 19.8 Å². The fraction of sp³-hybridized carbons (Fsp3) is 0.526. The minimum absolute atomic E-state index is 0.198. The van der Waals surface area contributed by atoms with Crippen LogP contribution in [0.5, 0.6) is 17.2 Å². The summed E-state index contributed by atoms with van der Waals surface area (Å²) in [6, 6.07) is 3.54. The van der Waals surface area contributed by atoms with E-state index in [-0.39, 0.29) is 18.1 Å². The van der Waals surface area contributed by atoms with Crippen LogP contribution in [-0.4, -0.2) is 61.7 Å². The SMILES string of the molecule is CCOC(Cn1cc(C(=O)NCc2cc(OC)c(OC)c(OC)c2)nn1)OCC. The van der Waals surface area contributed by atoms with Crippen LogP contribution in [0.4, 0.5) is 0 Å². The molecule has 0 saturated heterocycles. The molecule has 0 saturated carbocycles. The third kappa shape index (κ3) is 6.06. The molecule has 1 heterocycles. The molecule has 0 aliphatic heterocycles. The summed E-state index contributed by atoms with van der Waals surface area (Å²) in [4.78, 5) is 12.4. The van der Waals surface area contributed by atoms with E-state index in [1.807, 2.05) is 13.8 Å². The monoisotopic (exact) mass is 408 g/mol. The van der Waals surface area contributed by atoms with Crippen LogP contribution in [0.25, 0.3) is 0 Å². The Morgan fingerprint density at radius 1 is 1.07 bits per heavy atom. The predicted molar refractivity (Wildman–Crippen MR) is 104 cm³/mol. The van der Waals surface area contributed by atoms with Gasteiger partial charge >= 0.3 is 0 Å². The maximum atomic E-state index is 12.4. The largest absolute Gasteiger partial charge is 0.493 e. The Bertz CT molecular complexity index is 764. The van der Waals surface area contributed by atoms with Gasteiger partial charge in [-0.3, -0.25) is 4.79 Å². The van der Waals surface area contributed by atoms with E-state index in [0.29, 0.717) is 37.0 Å². The first kappa shape index (κ1) is 22.4. The summed E-state index contributed by atoms with van der Waals surface area (Å²) < 4.78 is 28.4. The van der Waals surface area contributed by atoms with Crippen LogP contribution in [0, 0.1) is 0 Å². The van der Waals surface area contributed by atoms with Crippen molar-refractivity contribution in [3.8, 4) is 17.2 Å². The van der Waals surface area contributed by atoms with Gasteiger partial charge in [-0.05, 0) is 31.5 Å². The second kappa shape index (κ2) is 11.2. The molecule has 10 heteroatoms. The summed E-state index contributed by atoms with van der Waals surface area (Å²) in [6.45, 7) is 5.39. The molecule has 0 spiro atoms. The normalized spacial score (nSPS) is 10.8. The first-order valence-electron chi connectivity index (χ1n) is 9.26. The highest BCUT2D eigenvalue weighted by molar-refractivity contribution is 5.91. The molecule has 1 aromatic carbocycles. The Kier molecular flexibility index (Phi) is 8.68. The third-order valence-electron chi connectivity index (χ3n) is 3.99. The lowest BCUT2D eigenvalue weighted by Crippen LogP contribution is -2.24. The number of methoxy groups -OCH3 is 3. The van der Waals surface area contributed by atoms with Gasteiger partial charge in [0.1, 0.15) is 0 Å². The summed E-state index contributed by atoms with van der Waals surface area (Å²) in [5.74, 6) is 1.17. The van der Waals surface area contributed by atoms with E-state index in [2.05, 4.69) is 15.6 Å². The number of hydrogen-bond donors (Lipinski definition) is 1. The quantitative estimate of drug-likeness (QED) is 0.528. The molecule has 29 heavy (non-hydrogen) atoms. The number of rotatable bonds is 12. The molecule has 0 fully saturated rings. The van der Waals surface area contributed by atoms with Gasteiger partial charge in [0.2, 0.25) is 5.75 Å². The molecule has 0 atom stereocenters. The van der Waals surface area contributed by atoms with Crippen LogP contribution < -0.4 is 19.5 Å². The summed E-state index contributed by atoms with van der Waals surface area (Å²) in [6.07, 6.45) is 1.11. The summed E-state index contributed by atoms with van der Waals surface area (Å²) in [7, 11) is 4.61. The van der Waals surface area contributed by atoms with E-state index in [1.54, 1.807) is 18.3 Å². The molecule has 160 valence electrons. The highest BCUT2D eigenvalue weighted by atomic mass is 16.7. The number of aromatic nitrogens is 3. The molecule has 1 aromatic heterocycles. The number of carbonyl (C=O) groups excluding carboxylic acids is 1. The van der Waals surface area contributed by atoms with Gasteiger partial charge in [-0.25, -0.2) is 4.68 Å². The summed E-state index contributed by atoms with van der Waals surface area (Å²) >= 11 is 0. The Balaban J connectivity index is 2.02. The Labute approximate surface area is 170 Å². The average molecular weight is 408 g/mol. The molecule has 1 amide bonds. The lowest BCUT2D eigenvalue weighted by atomic mass is 10.1. The van der Waals surface area contributed by atoms with Crippen molar-refractivity contribution in [2.24, 2.45) is 0 Å². The van der Waals surface area contributed by atoms with Gasteiger partial charge in [0.05, 0.1) is 34.1 Å². The Hall–Kier alpha value is -2.85. The van der Waals surface area contributed by atoms with Crippen LogP contribution in [0.15, 0.2) is 18.3 Å². The lowest BCUT2D eigenvalue weighted by molar-refractivity contribution is -0.145. The van der Waals surface area contributed by atoms with Crippen molar-refractivity contribution in [3.63, 3.8) is 0 Å². The minimum atomic E-state index is -0.443. The van der Waals surface area contributed by atoms with Crippen molar-refractivity contribution in [3.05, 3.63) is 29.6 Å². The number of benzene rings is 1. The molecule has 2 rings (SSSR count). The zero-order valence-electron chi connectivity index (χ0n) is 17.4. The minimum Gasteiger partial charge on any atom is -0.493 e. The zero-order chi connectivity index (χ0) is 21.2. The Morgan fingerprint density at radius 2 is 1.69 bits per heavy atom. The number of nitrogens with one attached hydrogen (secondary N) is 1. The number of carbonyl (C=O) groups is 1. The smallest absolute Gasteiger partial charge is 0.273 e. The molecule has 0 radical (unpaired) electrons. The molecule has 0 aliphatic carbocycles. The maximum Gasteiger partial charge on any atom is 0.273 e. The van der Waals surface area contributed by atoms with Gasteiger partial charge in [-0.15, -0.1) is 5.10 Å². The van der Waals surface area contributed by atoms with Crippen molar-refractivity contribution < 1.29 is 28.5 Å². The number of ether oxygens (including phenoxy) is 5. The fourth-order valence-electron chi connectivity index (χ4n) is 2.68. The number of hydrogen-bond acceptors (Lipinski definition) is 8. The highest BCUT2D eigenvalue weighted by Gasteiger charge is 2.16. The molecular weight excluding hydrogens is 380 g/mol. The topological polar surface area (TPSA) is 106 Å². The molecule has 0 aliphatic rings. The molecular formula is C19H28N4O6. The second-order valence-corrected chi connectivity index (χ2v) is 5.88. The Morgan fingerprint density at radius 3 is 2.21 bits per heavy atom. The second-order valence-electron chi connectivity index (χ2n) is 5.88. The van der Waals surface area contributed by atoms with Crippen LogP contribution in [0.3, 0.4) is 0 Å². The summed E-state index contributed by atoms with van der Waals surface area (Å²) in [5.41, 5.74) is 0.984. The van der Waals surface area contributed by atoms with E-state index in [9.17, 15) is 4.79 Å². The fourth-order valence-corrected chi connectivity index (χ4v) is 2.68.